The zero-order chi connectivity index (χ0) is 21.1. The van der Waals surface area contributed by atoms with Gasteiger partial charge in [0.1, 0.15) is 16.9 Å². The fraction of sp³-hybridized carbons (Fsp3) is 0.217. The molecule has 1 atom stereocenters. The van der Waals surface area contributed by atoms with E-state index < -0.39 is 5.91 Å². The molecule has 0 bridgehead atoms. The van der Waals surface area contributed by atoms with Gasteiger partial charge in [-0.05, 0) is 60.9 Å². The van der Waals surface area contributed by atoms with Crippen LogP contribution < -0.4 is 4.74 Å². The second-order valence-electron chi connectivity index (χ2n) is 7.00. The van der Waals surface area contributed by atoms with Crippen molar-refractivity contribution < 1.29 is 9.53 Å². The van der Waals surface area contributed by atoms with Gasteiger partial charge in [-0.2, -0.15) is 15.1 Å². The first-order valence-electron chi connectivity index (χ1n) is 9.86. The Morgan fingerprint density at radius 2 is 1.90 bits per heavy atom. The summed E-state index contributed by atoms with van der Waals surface area (Å²) in [7, 11) is 0. The van der Waals surface area contributed by atoms with Crippen LogP contribution in [0.5, 0.6) is 5.75 Å². The van der Waals surface area contributed by atoms with Crippen LogP contribution in [0, 0.1) is 5.41 Å². The van der Waals surface area contributed by atoms with Gasteiger partial charge in [0.05, 0.1) is 5.57 Å². The number of amidine groups is 2. The topological polar surface area (TPSA) is 78.1 Å². The van der Waals surface area contributed by atoms with Gasteiger partial charge < -0.3 is 4.74 Å². The second-order valence-corrected chi connectivity index (χ2v) is 8.04. The number of carbonyl (C=O) groups is 1. The molecule has 4 rings (SSSR count). The molecule has 2 heterocycles. The maximum absolute atomic E-state index is 12.5. The van der Waals surface area contributed by atoms with E-state index in [4.69, 9.17) is 10.1 Å². The van der Waals surface area contributed by atoms with Crippen LogP contribution in [0.1, 0.15) is 43.9 Å². The summed E-state index contributed by atoms with van der Waals surface area (Å²) < 4.78 is 6.00. The number of benzene rings is 2. The van der Waals surface area contributed by atoms with Gasteiger partial charge >= 0.3 is 0 Å². The molecule has 0 saturated carbocycles. The molecule has 0 aromatic heterocycles. The van der Waals surface area contributed by atoms with Crippen LogP contribution >= 0.6 is 11.8 Å². The molecule has 0 spiro atoms. The highest BCUT2D eigenvalue weighted by molar-refractivity contribution is 8.26. The third-order valence-electron chi connectivity index (χ3n) is 4.73. The molecule has 30 heavy (non-hydrogen) atoms. The number of nitrogens with one attached hydrogen (secondary N) is 1. The van der Waals surface area contributed by atoms with Gasteiger partial charge in [-0.15, -0.1) is 0 Å². The molecule has 2 aromatic carbocycles. The number of thioether (sulfide) groups is 1. The number of carbonyl (C=O) groups excluding carboxylic acids is 1. The Balaban J connectivity index is 1.50. The standard InChI is InChI=1S/C23H22N4O2S/c1-3-7-20-26-27-21(24)19(22(28)25-23(27)30-20)14-16-10-12-18(13-11-16)29-15(2)17-8-5-4-6-9-17/h4-6,8-15,24H,3,7H2,1-2H3/b19-14-,24-21?/t15-/m0/s1. The van der Waals surface area contributed by atoms with Gasteiger partial charge in [-0.1, -0.05) is 49.4 Å². The molecule has 1 N–H and O–H groups in total. The number of aliphatic imine (C=N–C) groups is 1. The molecule has 0 aliphatic carbocycles. The number of ether oxygens (including phenoxy) is 1. The number of hydrazone groups is 1. The number of hydrogen-bond acceptors (Lipinski definition) is 5. The smallest absolute Gasteiger partial charge is 0.283 e. The summed E-state index contributed by atoms with van der Waals surface area (Å²) >= 11 is 1.36. The van der Waals surface area contributed by atoms with Crippen LogP contribution in [0.15, 0.2) is 70.3 Å². The van der Waals surface area contributed by atoms with Crippen LogP contribution in [0.25, 0.3) is 6.08 Å². The molecule has 0 radical (unpaired) electrons. The van der Waals surface area contributed by atoms with Crippen molar-refractivity contribution >= 4 is 39.8 Å². The van der Waals surface area contributed by atoms with Crippen LogP contribution in [0.3, 0.4) is 0 Å². The lowest BCUT2D eigenvalue weighted by Crippen LogP contribution is -2.35. The molecular formula is C23H22N4O2S. The summed E-state index contributed by atoms with van der Waals surface area (Å²) in [6.07, 6.45) is 3.37. The van der Waals surface area contributed by atoms with E-state index in [2.05, 4.69) is 17.0 Å². The minimum Gasteiger partial charge on any atom is -0.486 e. The zero-order valence-electron chi connectivity index (χ0n) is 16.8. The van der Waals surface area contributed by atoms with Crippen molar-refractivity contribution in [1.82, 2.24) is 5.01 Å². The predicted molar refractivity (Wildman–Crippen MR) is 122 cm³/mol. The summed E-state index contributed by atoms with van der Waals surface area (Å²) in [5.41, 5.74) is 2.13. The summed E-state index contributed by atoms with van der Waals surface area (Å²) in [6, 6.07) is 17.5. The number of fused-ring (bicyclic) bond motifs is 1. The van der Waals surface area contributed by atoms with Gasteiger partial charge in [0, 0.05) is 0 Å². The first kappa shape index (κ1) is 20.1. The van der Waals surface area contributed by atoms with Gasteiger partial charge in [-0.3, -0.25) is 10.2 Å². The third-order valence-corrected chi connectivity index (χ3v) is 5.70. The molecule has 2 aromatic rings. The minimum absolute atomic E-state index is 0.0571. The molecule has 2 aliphatic heterocycles. The van der Waals surface area contributed by atoms with Gasteiger partial charge in [0.15, 0.2) is 5.84 Å². The number of amides is 1. The summed E-state index contributed by atoms with van der Waals surface area (Å²) in [4.78, 5) is 16.6. The number of nitrogens with zero attached hydrogens (tertiary/aromatic N) is 3. The van der Waals surface area contributed by atoms with E-state index in [9.17, 15) is 4.79 Å². The van der Waals surface area contributed by atoms with Crippen LogP contribution in [-0.2, 0) is 4.79 Å². The Morgan fingerprint density at radius 1 is 1.17 bits per heavy atom. The van der Waals surface area contributed by atoms with Gasteiger partial charge in [0.25, 0.3) is 5.91 Å². The molecule has 0 fully saturated rings. The third kappa shape index (κ3) is 4.21. The van der Waals surface area contributed by atoms with Gasteiger partial charge in [-0.25, -0.2) is 0 Å². The normalized spacial score (nSPS) is 18.2. The van der Waals surface area contributed by atoms with Crippen LogP contribution in [0.4, 0.5) is 0 Å². The predicted octanol–water partition coefficient (Wildman–Crippen LogP) is 5.25. The summed E-state index contributed by atoms with van der Waals surface area (Å²) in [5, 5.41) is 15.6. The number of hydrogen-bond donors (Lipinski definition) is 1. The van der Waals surface area contributed by atoms with Crippen molar-refractivity contribution in [3.63, 3.8) is 0 Å². The van der Waals surface area contributed by atoms with Crippen molar-refractivity contribution in [3.05, 3.63) is 71.3 Å². The van der Waals surface area contributed by atoms with Gasteiger partial charge in [0.2, 0.25) is 5.17 Å². The average Bonchev–Trinajstić information content (AvgIpc) is 3.16. The van der Waals surface area contributed by atoms with E-state index in [0.717, 1.165) is 34.8 Å². The largest absolute Gasteiger partial charge is 0.486 e. The fourth-order valence-corrected chi connectivity index (χ4v) is 4.14. The van der Waals surface area contributed by atoms with Crippen molar-refractivity contribution in [2.75, 3.05) is 0 Å². The highest BCUT2D eigenvalue weighted by atomic mass is 32.2. The lowest BCUT2D eigenvalue weighted by molar-refractivity contribution is -0.114. The molecular weight excluding hydrogens is 396 g/mol. The Labute approximate surface area is 179 Å². The fourth-order valence-electron chi connectivity index (χ4n) is 3.15. The second kappa shape index (κ2) is 8.67. The lowest BCUT2D eigenvalue weighted by atomic mass is 10.1. The molecule has 0 saturated heterocycles. The first-order chi connectivity index (χ1) is 14.5. The molecule has 6 nitrogen and oxygen atoms in total. The molecule has 0 unspecified atom stereocenters. The van der Waals surface area contributed by atoms with E-state index in [0.29, 0.717) is 5.17 Å². The van der Waals surface area contributed by atoms with Crippen molar-refractivity contribution in [1.29, 1.82) is 5.41 Å². The Bertz CT molecular complexity index is 1060. The maximum atomic E-state index is 12.5. The first-order valence-corrected chi connectivity index (χ1v) is 10.7. The maximum Gasteiger partial charge on any atom is 0.283 e. The molecule has 7 heteroatoms. The summed E-state index contributed by atoms with van der Waals surface area (Å²) in [6.45, 7) is 4.07. The van der Waals surface area contributed by atoms with Crippen LogP contribution in [0.2, 0.25) is 0 Å². The molecule has 152 valence electrons. The van der Waals surface area contributed by atoms with E-state index in [-0.39, 0.29) is 17.5 Å². The molecule has 1 amide bonds. The summed E-state index contributed by atoms with van der Waals surface area (Å²) in [5.74, 6) is 0.384. The lowest BCUT2D eigenvalue weighted by Gasteiger charge is -2.20. The Hall–Kier alpha value is -3.19. The highest BCUT2D eigenvalue weighted by Gasteiger charge is 2.35. The van der Waals surface area contributed by atoms with Crippen molar-refractivity contribution in [3.8, 4) is 5.75 Å². The van der Waals surface area contributed by atoms with Crippen molar-refractivity contribution in [2.24, 2.45) is 10.1 Å². The van der Waals surface area contributed by atoms with E-state index in [1.54, 1.807) is 6.08 Å². The Morgan fingerprint density at radius 3 is 2.60 bits per heavy atom. The quantitative estimate of drug-likeness (QED) is 0.650. The van der Waals surface area contributed by atoms with E-state index in [1.165, 1.54) is 16.8 Å². The zero-order valence-corrected chi connectivity index (χ0v) is 17.6. The SMILES string of the molecule is CCCC1=NN2C(=N)/C(=C/c3ccc(O[C@@H](C)c4ccccc4)cc3)C(=O)N=C2S1. The van der Waals surface area contributed by atoms with Crippen molar-refractivity contribution in [2.45, 2.75) is 32.8 Å². The number of rotatable bonds is 6. The highest BCUT2D eigenvalue weighted by Crippen LogP contribution is 2.30. The molecule has 2 aliphatic rings. The van der Waals surface area contributed by atoms with E-state index >= 15 is 0 Å². The average molecular weight is 419 g/mol. The Kier molecular flexibility index (Phi) is 5.81. The minimum atomic E-state index is -0.412. The van der Waals surface area contributed by atoms with Crippen LogP contribution in [-0.4, -0.2) is 27.0 Å². The monoisotopic (exact) mass is 418 g/mol. The van der Waals surface area contributed by atoms with E-state index in [1.807, 2.05) is 61.5 Å².